The second kappa shape index (κ2) is 14.6. The number of nitrogens with zero attached hydrogens (tertiary/aromatic N) is 3. The van der Waals surface area contributed by atoms with Crippen LogP contribution in [-0.2, 0) is 37.8 Å². The molecule has 1 saturated heterocycles. The Morgan fingerprint density at radius 1 is 1.12 bits per heavy atom. The van der Waals surface area contributed by atoms with Crippen LogP contribution in [0.15, 0.2) is 42.7 Å². The van der Waals surface area contributed by atoms with Crippen molar-refractivity contribution in [2.45, 2.75) is 51.0 Å². The highest BCUT2D eigenvalue weighted by molar-refractivity contribution is 7.53. The maximum Gasteiger partial charge on any atom is 0.421 e. The highest BCUT2D eigenvalue weighted by Crippen LogP contribution is 2.52. The predicted octanol–water partition coefficient (Wildman–Crippen LogP) is 6.87. The topological polar surface area (TPSA) is 169 Å². The minimum atomic E-state index is -4.82. The first-order valence-electron chi connectivity index (χ1n) is 15.6. The largest absolute Gasteiger partial charge is 0.495 e. The van der Waals surface area contributed by atoms with E-state index in [0.717, 1.165) is 5.56 Å². The number of anilines is 4. The van der Waals surface area contributed by atoms with Crippen LogP contribution in [0.2, 0.25) is 0 Å². The monoisotopic (exact) mass is 706 g/mol. The Hall–Kier alpha value is -4.37. The number of hydrogen-bond donors (Lipinski definition) is 5. The predicted molar refractivity (Wildman–Crippen MR) is 177 cm³/mol. The number of fused-ring (bicyclic) bond motifs is 1. The highest BCUT2D eigenvalue weighted by atomic mass is 31.2. The van der Waals surface area contributed by atoms with Gasteiger partial charge in [-0.3, -0.25) is 9.36 Å². The van der Waals surface area contributed by atoms with Gasteiger partial charge < -0.3 is 44.5 Å². The second-order valence-corrected chi connectivity index (χ2v) is 13.5. The zero-order valence-electron chi connectivity index (χ0n) is 27.3. The Kier molecular flexibility index (Phi) is 10.7. The van der Waals surface area contributed by atoms with Gasteiger partial charge in [-0.05, 0) is 61.9 Å². The van der Waals surface area contributed by atoms with Gasteiger partial charge in [0.2, 0.25) is 11.8 Å². The number of carboxylic acid groups (broad SMARTS) is 1. The molecule has 17 heteroatoms. The first kappa shape index (κ1) is 35.9. The Morgan fingerprint density at radius 2 is 1.84 bits per heavy atom. The molecule has 5 N–H and O–H groups in total. The number of hydrogen-bond acceptors (Lipinski definition) is 11. The Morgan fingerprint density at radius 3 is 2.45 bits per heavy atom. The molecule has 0 aliphatic carbocycles. The van der Waals surface area contributed by atoms with Crippen molar-refractivity contribution in [3.63, 3.8) is 0 Å². The average Bonchev–Trinajstić information content (AvgIpc) is 3.35. The molecule has 0 saturated carbocycles. The lowest BCUT2D eigenvalue weighted by atomic mass is 9.86. The lowest BCUT2D eigenvalue weighted by Crippen LogP contribution is -2.43. The van der Waals surface area contributed by atoms with E-state index in [1.165, 1.54) is 11.7 Å². The van der Waals surface area contributed by atoms with E-state index in [1.807, 2.05) is 0 Å². The number of aryl methyl sites for hydroxylation is 1. The number of alkyl halides is 3. The number of halogens is 3. The fourth-order valence-electron chi connectivity index (χ4n) is 5.92. The fraction of sp³-hybridized carbons (Fsp3) is 0.406. The maximum absolute atomic E-state index is 14.2. The SMILES string of the molecule is CCOP(=O)(Cc1ccc(Nc2ncc(C(F)(F)F)c(Nc3ccc(C4CC[C@H](C(=O)O)NC4)c4cn(C)c(O)c34)n2)c(OC)c1)OCC. The molecule has 264 valence electrons. The van der Waals surface area contributed by atoms with Crippen molar-refractivity contribution in [3.8, 4) is 11.6 Å². The van der Waals surface area contributed by atoms with Gasteiger partial charge in [-0.2, -0.15) is 18.2 Å². The number of benzene rings is 2. The molecule has 0 spiro atoms. The Balaban J connectivity index is 1.47. The standard InChI is InChI=1S/C32H38F3N6O7P/c1-5-47-49(45,48-6-2)17-18-7-10-23(26(13-18)46-4)39-31-37-15-22(32(33,34)35)28(40-31)38-24-12-9-20(21-16-41(3)29(42)27(21)24)19-8-11-25(30(43)44)36-14-19/h7,9-10,12-13,15-16,19,25,36,42H,5-6,8,11,14,17H2,1-4H3,(H,43,44)(H2,37,38,39,40)/t19?,25-/m1/s1. The van der Waals surface area contributed by atoms with Gasteiger partial charge in [0.1, 0.15) is 23.2 Å². The molecule has 0 radical (unpaired) electrons. The zero-order chi connectivity index (χ0) is 35.5. The number of aromatic hydroxyl groups is 1. The molecule has 1 fully saturated rings. The molecule has 0 amide bonds. The number of aliphatic carboxylic acids is 1. The lowest BCUT2D eigenvalue weighted by molar-refractivity contribution is -0.140. The van der Waals surface area contributed by atoms with Gasteiger partial charge in [0.25, 0.3) is 0 Å². The van der Waals surface area contributed by atoms with Gasteiger partial charge in [0.15, 0.2) is 0 Å². The summed E-state index contributed by atoms with van der Waals surface area (Å²) in [6.07, 6.45) is -1.52. The van der Waals surface area contributed by atoms with E-state index >= 15 is 0 Å². The van der Waals surface area contributed by atoms with Gasteiger partial charge in [-0.1, -0.05) is 12.1 Å². The number of aromatic nitrogens is 3. The van der Waals surface area contributed by atoms with Crippen LogP contribution in [0.25, 0.3) is 10.8 Å². The molecule has 2 aromatic heterocycles. The number of ether oxygens (including phenoxy) is 1. The average molecular weight is 707 g/mol. The number of carboxylic acids is 1. The third-order valence-electron chi connectivity index (χ3n) is 8.20. The minimum absolute atomic E-state index is 0.0180. The van der Waals surface area contributed by atoms with Crippen molar-refractivity contribution in [1.29, 1.82) is 0 Å². The summed E-state index contributed by atoms with van der Waals surface area (Å²) in [7, 11) is -0.391. The summed E-state index contributed by atoms with van der Waals surface area (Å²) in [4.78, 5) is 19.5. The van der Waals surface area contributed by atoms with Crippen LogP contribution >= 0.6 is 7.60 Å². The van der Waals surface area contributed by atoms with Crippen molar-refractivity contribution in [3.05, 3.63) is 59.4 Å². The third kappa shape index (κ3) is 7.93. The fourth-order valence-corrected chi connectivity index (χ4v) is 7.60. The number of carbonyl (C=O) groups is 1. The van der Waals surface area contributed by atoms with E-state index in [2.05, 4.69) is 25.9 Å². The van der Waals surface area contributed by atoms with E-state index in [4.69, 9.17) is 13.8 Å². The smallest absolute Gasteiger partial charge is 0.421 e. The van der Waals surface area contributed by atoms with Crippen LogP contribution < -0.4 is 20.7 Å². The third-order valence-corrected chi connectivity index (χ3v) is 10.3. The Labute approximate surface area is 280 Å². The minimum Gasteiger partial charge on any atom is -0.495 e. The molecule has 1 unspecified atom stereocenters. The quantitative estimate of drug-likeness (QED) is 0.0916. The van der Waals surface area contributed by atoms with Gasteiger partial charge >= 0.3 is 19.7 Å². The summed E-state index contributed by atoms with van der Waals surface area (Å²) < 4.78 is 73.4. The number of piperidine rings is 1. The molecule has 13 nitrogen and oxygen atoms in total. The van der Waals surface area contributed by atoms with Crippen molar-refractivity contribution >= 4 is 47.5 Å². The number of rotatable bonds is 13. The number of methoxy groups -OCH3 is 1. The van der Waals surface area contributed by atoms with E-state index in [0.29, 0.717) is 42.2 Å². The molecule has 0 bridgehead atoms. The van der Waals surface area contributed by atoms with Crippen LogP contribution in [0, 0.1) is 0 Å². The van der Waals surface area contributed by atoms with E-state index in [1.54, 1.807) is 57.4 Å². The molecule has 1 aliphatic rings. The van der Waals surface area contributed by atoms with Crippen molar-refractivity contribution in [1.82, 2.24) is 19.9 Å². The van der Waals surface area contributed by atoms with Gasteiger partial charge in [-0.25, -0.2) is 4.98 Å². The summed E-state index contributed by atoms with van der Waals surface area (Å²) in [6.45, 7) is 4.20. The van der Waals surface area contributed by atoms with E-state index in [9.17, 15) is 32.7 Å². The lowest BCUT2D eigenvalue weighted by Gasteiger charge is -2.28. The highest BCUT2D eigenvalue weighted by Gasteiger charge is 2.36. The van der Waals surface area contributed by atoms with Crippen molar-refractivity contribution in [2.75, 3.05) is 37.5 Å². The van der Waals surface area contributed by atoms with Gasteiger partial charge in [0.05, 0.1) is 43.2 Å². The summed E-state index contributed by atoms with van der Waals surface area (Å²) >= 11 is 0. The van der Waals surface area contributed by atoms with Crippen molar-refractivity contribution < 1.29 is 46.5 Å². The van der Waals surface area contributed by atoms with Crippen LogP contribution in [0.5, 0.6) is 11.6 Å². The van der Waals surface area contributed by atoms with Crippen molar-refractivity contribution in [2.24, 2.45) is 7.05 Å². The molecule has 3 heterocycles. The second-order valence-electron chi connectivity index (χ2n) is 11.5. The van der Waals surface area contributed by atoms with E-state index < -0.39 is 37.2 Å². The van der Waals surface area contributed by atoms with E-state index in [-0.39, 0.29) is 53.9 Å². The van der Waals surface area contributed by atoms with Gasteiger partial charge in [-0.15, -0.1) is 0 Å². The van der Waals surface area contributed by atoms with Gasteiger partial charge in [0, 0.05) is 31.4 Å². The molecule has 49 heavy (non-hydrogen) atoms. The first-order chi connectivity index (χ1) is 23.3. The summed E-state index contributed by atoms with van der Waals surface area (Å²) in [5.74, 6) is -1.63. The van der Waals surface area contributed by atoms with Crippen LogP contribution in [0.1, 0.15) is 49.3 Å². The zero-order valence-corrected chi connectivity index (χ0v) is 28.2. The summed E-state index contributed by atoms with van der Waals surface area (Å²) in [5.41, 5.74) is 0.784. The first-order valence-corrected chi connectivity index (χ1v) is 17.3. The molecule has 1 aliphatic heterocycles. The summed E-state index contributed by atoms with van der Waals surface area (Å²) in [5, 5.41) is 29.9. The normalized spacial score (nSPS) is 16.9. The van der Waals surface area contributed by atoms with Crippen LogP contribution in [0.4, 0.5) is 36.3 Å². The molecule has 4 aromatic rings. The number of nitrogens with one attached hydrogen (secondary N) is 3. The molecular weight excluding hydrogens is 668 g/mol. The molecular formula is C32H38F3N6O7P. The van der Waals surface area contributed by atoms with Crippen LogP contribution in [-0.4, -0.2) is 63.6 Å². The maximum atomic E-state index is 14.2. The summed E-state index contributed by atoms with van der Waals surface area (Å²) in [6, 6.07) is 7.52. The molecule has 2 aromatic carbocycles. The molecule has 5 rings (SSSR count). The Bertz CT molecular complexity index is 1870. The van der Waals surface area contributed by atoms with Crippen LogP contribution in [0.3, 0.4) is 0 Å². The molecule has 2 atom stereocenters.